The maximum atomic E-state index is 12.9. The highest BCUT2D eigenvalue weighted by molar-refractivity contribution is 7.18. The highest BCUT2D eigenvalue weighted by Crippen LogP contribution is 2.33. The van der Waals surface area contributed by atoms with Crippen LogP contribution in [0.4, 0.5) is 0 Å². The summed E-state index contributed by atoms with van der Waals surface area (Å²) in [6, 6.07) is -0.719. The summed E-state index contributed by atoms with van der Waals surface area (Å²) in [6.07, 6.45) is 5.99. The molecule has 27 heavy (non-hydrogen) atoms. The molecule has 0 radical (unpaired) electrons. The lowest BCUT2D eigenvalue weighted by Gasteiger charge is -2.18. The van der Waals surface area contributed by atoms with Gasteiger partial charge in [-0.25, -0.2) is 9.78 Å². The van der Waals surface area contributed by atoms with Crippen LogP contribution in [-0.2, 0) is 33.7 Å². The van der Waals surface area contributed by atoms with Crippen LogP contribution in [-0.4, -0.2) is 34.6 Å². The Morgan fingerprint density at radius 1 is 1.33 bits per heavy atom. The van der Waals surface area contributed by atoms with Crippen LogP contribution in [0.1, 0.15) is 43.6 Å². The number of esters is 1. The second-order valence-electron chi connectivity index (χ2n) is 7.34. The third-order valence-electron chi connectivity index (χ3n) is 4.78. The number of fused-ring (bicyclic) bond motifs is 3. The molecule has 0 bridgehead atoms. The number of methoxy groups -OCH3 is 1. The van der Waals surface area contributed by atoms with E-state index in [1.54, 1.807) is 11.3 Å². The Morgan fingerprint density at radius 3 is 2.78 bits per heavy atom. The van der Waals surface area contributed by atoms with Crippen molar-refractivity contribution in [3.05, 3.63) is 27.1 Å². The van der Waals surface area contributed by atoms with Crippen LogP contribution in [0.3, 0.4) is 0 Å². The monoisotopic (exact) mass is 391 g/mol. The van der Waals surface area contributed by atoms with Crippen LogP contribution < -0.4 is 10.9 Å². The third-order valence-corrected chi connectivity index (χ3v) is 5.98. The molecule has 1 aliphatic carbocycles. The van der Waals surface area contributed by atoms with Crippen molar-refractivity contribution in [3.8, 4) is 0 Å². The van der Waals surface area contributed by atoms with Crippen LogP contribution in [0.25, 0.3) is 10.2 Å². The highest BCUT2D eigenvalue weighted by Gasteiger charge is 2.24. The van der Waals surface area contributed by atoms with Crippen molar-refractivity contribution < 1.29 is 14.3 Å². The predicted octanol–water partition coefficient (Wildman–Crippen LogP) is 2.04. The van der Waals surface area contributed by atoms with E-state index in [0.29, 0.717) is 11.8 Å². The Hall–Kier alpha value is -2.22. The van der Waals surface area contributed by atoms with Crippen molar-refractivity contribution in [2.75, 3.05) is 7.11 Å². The molecule has 3 rings (SSSR count). The summed E-state index contributed by atoms with van der Waals surface area (Å²) in [5, 5.41) is 3.33. The number of hydrogen-bond donors (Lipinski definition) is 1. The van der Waals surface area contributed by atoms with E-state index in [1.165, 1.54) is 22.9 Å². The molecule has 8 heteroatoms. The SMILES string of the molecule is COC(=O)[C@@H](CC(C)C)NC(=O)Cn1cnc2sc3c(c2c1=O)CCCC3. The number of nitrogens with zero attached hydrogens (tertiary/aromatic N) is 2. The summed E-state index contributed by atoms with van der Waals surface area (Å²) in [7, 11) is 1.30. The summed E-state index contributed by atoms with van der Waals surface area (Å²) >= 11 is 1.58. The van der Waals surface area contributed by atoms with Gasteiger partial charge in [0.25, 0.3) is 5.56 Å². The molecule has 1 atom stereocenters. The number of aryl methyl sites for hydroxylation is 2. The van der Waals surface area contributed by atoms with Crippen LogP contribution >= 0.6 is 11.3 Å². The minimum atomic E-state index is -0.719. The summed E-state index contributed by atoms with van der Waals surface area (Å²) in [5.41, 5.74) is 0.911. The number of carbonyl (C=O) groups is 2. The van der Waals surface area contributed by atoms with Crippen molar-refractivity contribution >= 4 is 33.4 Å². The molecule has 1 N–H and O–H groups in total. The molecule has 0 fully saturated rings. The quantitative estimate of drug-likeness (QED) is 0.761. The normalized spacial score (nSPS) is 14.8. The van der Waals surface area contributed by atoms with Gasteiger partial charge in [0, 0.05) is 4.88 Å². The number of hydrogen-bond acceptors (Lipinski definition) is 6. The lowest BCUT2D eigenvalue weighted by atomic mass is 9.97. The Kier molecular flexibility index (Phi) is 5.94. The Labute approximate surface area is 161 Å². The van der Waals surface area contributed by atoms with E-state index in [4.69, 9.17) is 4.74 Å². The van der Waals surface area contributed by atoms with Crippen LogP contribution in [0.15, 0.2) is 11.1 Å². The van der Waals surface area contributed by atoms with Gasteiger partial charge < -0.3 is 10.1 Å². The maximum Gasteiger partial charge on any atom is 0.328 e. The van der Waals surface area contributed by atoms with Crippen LogP contribution in [0.2, 0.25) is 0 Å². The number of rotatable bonds is 6. The van der Waals surface area contributed by atoms with Gasteiger partial charge in [-0.05, 0) is 43.6 Å². The van der Waals surface area contributed by atoms with Crippen LogP contribution in [0, 0.1) is 5.92 Å². The zero-order valence-electron chi connectivity index (χ0n) is 15.9. The second-order valence-corrected chi connectivity index (χ2v) is 8.43. The minimum Gasteiger partial charge on any atom is -0.467 e. The van der Waals surface area contributed by atoms with E-state index in [2.05, 4.69) is 10.3 Å². The first-order chi connectivity index (χ1) is 12.9. The van der Waals surface area contributed by atoms with E-state index in [-0.39, 0.29) is 18.0 Å². The second kappa shape index (κ2) is 8.21. The molecule has 0 aliphatic heterocycles. The largest absolute Gasteiger partial charge is 0.467 e. The molecule has 1 amide bonds. The van der Waals surface area contributed by atoms with Gasteiger partial charge in [-0.2, -0.15) is 0 Å². The number of thiophene rings is 1. The highest BCUT2D eigenvalue weighted by atomic mass is 32.1. The fraction of sp³-hybridized carbons (Fsp3) is 0.579. The molecule has 1 aliphatic rings. The van der Waals surface area contributed by atoms with Gasteiger partial charge in [-0.1, -0.05) is 13.8 Å². The third kappa shape index (κ3) is 4.21. The van der Waals surface area contributed by atoms with Gasteiger partial charge in [0.15, 0.2) is 0 Å². The van der Waals surface area contributed by atoms with Gasteiger partial charge in [0.2, 0.25) is 5.91 Å². The van der Waals surface area contributed by atoms with E-state index in [9.17, 15) is 14.4 Å². The van der Waals surface area contributed by atoms with Crippen molar-refractivity contribution in [2.24, 2.45) is 5.92 Å². The van der Waals surface area contributed by atoms with Gasteiger partial charge in [-0.15, -0.1) is 11.3 Å². The number of aromatic nitrogens is 2. The standard InChI is InChI=1S/C19H25N3O4S/c1-11(2)8-13(19(25)26-3)21-15(23)9-22-10-20-17-16(18(22)24)12-6-4-5-7-14(12)27-17/h10-11,13H,4-9H2,1-3H3,(H,21,23)/t13-/m1/s1. The zero-order chi connectivity index (χ0) is 19.6. The summed E-state index contributed by atoms with van der Waals surface area (Å²) in [5.74, 6) is -0.671. The molecule has 0 unspecified atom stereocenters. The smallest absolute Gasteiger partial charge is 0.328 e. The molecule has 2 aromatic rings. The number of amides is 1. The molecule has 0 spiro atoms. The van der Waals surface area contributed by atoms with E-state index < -0.39 is 17.9 Å². The van der Waals surface area contributed by atoms with Gasteiger partial charge in [0.05, 0.1) is 18.8 Å². The van der Waals surface area contributed by atoms with Gasteiger partial charge in [0.1, 0.15) is 17.4 Å². The molecular formula is C19H25N3O4S. The lowest BCUT2D eigenvalue weighted by Crippen LogP contribution is -2.44. The molecule has 0 saturated carbocycles. The van der Waals surface area contributed by atoms with Crippen molar-refractivity contribution in [3.63, 3.8) is 0 Å². The molecule has 0 aromatic carbocycles. The number of carbonyl (C=O) groups excluding carboxylic acids is 2. The Balaban J connectivity index is 1.81. The first kappa shape index (κ1) is 19.5. The average molecular weight is 391 g/mol. The summed E-state index contributed by atoms with van der Waals surface area (Å²) in [4.78, 5) is 43.6. The first-order valence-electron chi connectivity index (χ1n) is 9.27. The fourth-order valence-electron chi connectivity index (χ4n) is 3.52. The van der Waals surface area contributed by atoms with Crippen molar-refractivity contribution in [1.82, 2.24) is 14.9 Å². The van der Waals surface area contributed by atoms with Crippen molar-refractivity contribution in [1.29, 1.82) is 0 Å². The van der Waals surface area contributed by atoms with Crippen molar-refractivity contribution in [2.45, 2.75) is 58.5 Å². The van der Waals surface area contributed by atoms with Gasteiger partial charge >= 0.3 is 5.97 Å². The van der Waals surface area contributed by atoms with Gasteiger partial charge in [-0.3, -0.25) is 14.2 Å². The molecule has 146 valence electrons. The molecule has 2 heterocycles. The van der Waals surface area contributed by atoms with Crippen LogP contribution in [0.5, 0.6) is 0 Å². The molecule has 2 aromatic heterocycles. The topological polar surface area (TPSA) is 90.3 Å². The summed E-state index contributed by atoms with van der Waals surface area (Å²) < 4.78 is 6.09. The Bertz CT molecular complexity index is 916. The zero-order valence-corrected chi connectivity index (χ0v) is 16.7. The molecular weight excluding hydrogens is 366 g/mol. The number of ether oxygens (including phenoxy) is 1. The lowest BCUT2D eigenvalue weighted by molar-refractivity contribution is -0.145. The molecule has 0 saturated heterocycles. The minimum absolute atomic E-state index is 0.169. The first-order valence-corrected chi connectivity index (χ1v) is 10.1. The predicted molar refractivity (Wildman–Crippen MR) is 104 cm³/mol. The van der Waals surface area contributed by atoms with E-state index >= 15 is 0 Å². The Morgan fingerprint density at radius 2 is 2.07 bits per heavy atom. The van der Waals surface area contributed by atoms with E-state index in [0.717, 1.165) is 36.1 Å². The fourth-order valence-corrected chi connectivity index (χ4v) is 4.74. The molecule has 7 nitrogen and oxygen atoms in total. The van der Waals surface area contributed by atoms with E-state index in [1.807, 2.05) is 13.8 Å². The summed E-state index contributed by atoms with van der Waals surface area (Å²) in [6.45, 7) is 3.76. The average Bonchev–Trinajstić information content (AvgIpc) is 3.01. The maximum absolute atomic E-state index is 12.9. The number of nitrogens with one attached hydrogen (secondary N) is 1.